The Morgan fingerprint density at radius 2 is 1.76 bits per heavy atom. The van der Waals surface area contributed by atoms with Gasteiger partial charge < -0.3 is 15.8 Å². The molecule has 178 valence electrons. The Morgan fingerprint density at radius 1 is 1.06 bits per heavy atom. The van der Waals surface area contributed by atoms with Crippen molar-refractivity contribution in [3.8, 4) is 6.01 Å². The van der Waals surface area contributed by atoms with E-state index in [0.29, 0.717) is 57.9 Å². The zero-order chi connectivity index (χ0) is 24.4. The molecule has 0 fully saturated rings. The predicted octanol–water partition coefficient (Wildman–Crippen LogP) is 5.31. The van der Waals surface area contributed by atoms with Crippen molar-refractivity contribution in [2.24, 2.45) is 0 Å². The number of rotatable bonds is 8. The van der Waals surface area contributed by atoms with Crippen molar-refractivity contribution < 1.29 is 9.53 Å². The third-order valence-corrected chi connectivity index (χ3v) is 5.03. The third kappa shape index (κ3) is 7.37. The molecule has 3 aromatic rings. The molecule has 1 heterocycles. The van der Waals surface area contributed by atoms with Crippen LogP contribution in [0.2, 0.25) is 10.0 Å². The lowest BCUT2D eigenvalue weighted by atomic mass is 10.1. The number of hydrogen-bond acceptors (Lipinski definition) is 5. The van der Waals surface area contributed by atoms with Gasteiger partial charge in [0.1, 0.15) is 0 Å². The molecular formula is C24H30Cl2N4O3. The van der Waals surface area contributed by atoms with Crippen LogP contribution in [0.4, 0.5) is 5.69 Å². The first-order chi connectivity index (χ1) is 15.8. The number of halogens is 2. The van der Waals surface area contributed by atoms with Gasteiger partial charge in [-0.25, -0.2) is 0 Å². The van der Waals surface area contributed by atoms with Crippen molar-refractivity contribution in [2.75, 3.05) is 18.9 Å². The molecule has 7 nitrogen and oxygen atoms in total. The zero-order valence-corrected chi connectivity index (χ0v) is 20.7. The van der Waals surface area contributed by atoms with Crippen molar-refractivity contribution in [3.63, 3.8) is 0 Å². The van der Waals surface area contributed by atoms with Gasteiger partial charge in [-0.3, -0.25) is 14.2 Å². The van der Waals surface area contributed by atoms with Gasteiger partial charge in [-0.1, -0.05) is 44.0 Å². The third-order valence-electron chi connectivity index (χ3n) is 4.56. The maximum atomic E-state index is 12.4. The summed E-state index contributed by atoms with van der Waals surface area (Å²) < 4.78 is 7.15. The number of benzene rings is 2. The molecule has 3 rings (SSSR count). The first kappa shape index (κ1) is 26.5. The minimum atomic E-state index is -0.174. The number of carbonyl (C=O) groups excluding carboxylic acids is 1. The number of nitrogen functional groups attached to an aromatic ring is 1. The number of nitrogens with zero attached hydrogens (tertiary/aromatic N) is 2. The van der Waals surface area contributed by atoms with Crippen LogP contribution in [0.25, 0.3) is 10.9 Å². The molecule has 0 saturated heterocycles. The van der Waals surface area contributed by atoms with E-state index in [-0.39, 0.29) is 11.5 Å². The molecule has 3 N–H and O–H groups in total. The SMILES string of the molecule is CCCNC(=O)c1cc(Cl)ccc1N.CCCOc1nc2ccc(Cl)cc2c(=O)n1CCC. The van der Waals surface area contributed by atoms with Gasteiger partial charge in [0.15, 0.2) is 0 Å². The first-order valence-corrected chi connectivity index (χ1v) is 11.7. The number of nitrogens with two attached hydrogens (primary N) is 1. The number of anilines is 1. The number of ether oxygens (including phenoxy) is 1. The molecule has 1 aromatic heterocycles. The Hall–Kier alpha value is -2.77. The van der Waals surface area contributed by atoms with Gasteiger partial charge in [0, 0.05) is 28.8 Å². The van der Waals surface area contributed by atoms with Crippen LogP contribution in [0.5, 0.6) is 6.01 Å². The van der Waals surface area contributed by atoms with E-state index in [4.69, 9.17) is 33.7 Å². The topological polar surface area (TPSA) is 99.2 Å². The van der Waals surface area contributed by atoms with E-state index in [1.54, 1.807) is 41.0 Å². The van der Waals surface area contributed by atoms with Crippen molar-refractivity contribution in [1.82, 2.24) is 14.9 Å². The monoisotopic (exact) mass is 492 g/mol. The molecule has 0 spiro atoms. The lowest BCUT2D eigenvalue weighted by Crippen LogP contribution is -2.24. The highest BCUT2D eigenvalue weighted by Gasteiger charge is 2.12. The normalized spacial score (nSPS) is 10.5. The van der Waals surface area contributed by atoms with Crippen LogP contribution in [0, 0.1) is 0 Å². The smallest absolute Gasteiger partial charge is 0.299 e. The summed E-state index contributed by atoms with van der Waals surface area (Å²) in [4.78, 5) is 28.4. The van der Waals surface area contributed by atoms with E-state index in [0.717, 1.165) is 19.3 Å². The standard InChI is InChI=1S/C14H17ClN2O2.C10H13ClN2O/c1-3-7-17-13(18)11-9-10(15)5-6-12(11)16-14(17)19-8-4-2;1-2-5-13-10(14)8-6-7(11)3-4-9(8)12/h5-6,9H,3-4,7-8H2,1-2H3;3-4,6H,2,5,12H2,1H3,(H,13,14). The Balaban J connectivity index is 0.000000245. The number of fused-ring (bicyclic) bond motifs is 1. The minimum Gasteiger partial charge on any atom is -0.465 e. The maximum absolute atomic E-state index is 12.4. The fraction of sp³-hybridized carbons (Fsp3) is 0.375. The van der Waals surface area contributed by atoms with Crippen molar-refractivity contribution in [1.29, 1.82) is 0 Å². The second-order valence-corrected chi connectivity index (χ2v) is 8.22. The quantitative estimate of drug-likeness (QED) is 0.415. The molecule has 0 saturated carbocycles. The minimum absolute atomic E-state index is 0.0968. The molecule has 0 aliphatic carbocycles. The average molecular weight is 493 g/mol. The lowest BCUT2D eigenvalue weighted by molar-refractivity contribution is 0.0954. The van der Waals surface area contributed by atoms with Crippen molar-refractivity contribution >= 4 is 45.7 Å². The van der Waals surface area contributed by atoms with Crippen LogP contribution in [0.3, 0.4) is 0 Å². The van der Waals surface area contributed by atoms with E-state index < -0.39 is 0 Å². The van der Waals surface area contributed by atoms with Crippen LogP contribution in [0.1, 0.15) is 50.4 Å². The number of nitrogens with one attached hydrogen (secondary N) is 1. The first-order valence-electron chi connectivity index (χ1n) is 11.0. The number of aromatic nitrogens is 2. The molecule has 0 unspecified atom stereocenters. The number of hydrogen-bond donors (Lipinski definition) is 2. The van der Waals surface area contributed by atoms with Gasteiger partial charge in [0.2, 0.25) is 0 Å². The Labute approximate surface area is 203 Å². The van der Waals surface area contributed by atoms with Gasteiger partial charge >= 0.3 is 0 Å². The van der Waals surface area contributed by atoms with Crippen LogP contribution in [-0.4, -0.2) is 28.6 Å². The fourth-order valence-electron chi connectivity index (χ4n) is 2.96. The molecule has 0 aliphatic heterocycles. The average Bonchev–Trinajstić information content (AvgIpc) is 2.80. The van der Waals surface area contributed by atoms with E-state index in [9.17, 15) is 9.59 Å². The number of carbonyl (C=O) groups is 1. The Morgan fingerprint density at radius 3 is 2.42 bits per heavy atom. The maximum Gasteiger partial charge on any atom is 0.299 e. The Bertz CT molecular complexity index is 1150. The summed E-state index contributed by atoms with van der Waals surface area (Å²) in [6.07, 6.45) is 2.61. The van der Waals surface area contributed by atoms with Gasteiger partial charge in [-0.15, -0.1) is 0 Å². The molecule has 2 aromatic carbocycles. The Kier molecular flexibility index (Phi) is 10.5. The second kappa shape index (κ2) is 13.1. The molecule has 0 bridgehead atoms. The van der Waals surface area contributed by atoms with Crippen molar-refractivity contribution in [2.45, 2.75) is 46.6 Å². The second-order valence-electron chi connectivity index (χ2n) is 7.35. The van der Waals surface area contributed by atoms with E-state index in [1.807, 2.05) is 20.8 Å². The summed E-state index contributed by atoms with van der Waals surface area (Å²) in [6.45, 7) is 7.80. The van der Waals surface area contributed by atoms with Crippen LogP contribution < -0.4 is 21.3 Å². The highest BCUT2D eigenvalue weighted by Crippen LogP contribution is 2.19. The molecule has 0 atom stereocenters. The molecule has 1 amide bonds. The van der Waals surface area contributed by atoms with Crippen LogP contribution >= 0.6 is 23.2 Å². The van der Waals surface area contributed by atoms with Gasteiger partial charge in [-0.05, 0) is 55.7 Å². The highest BCUT2D eigenvalue weighted by molar-refractivity contribution is 6.31. The lowest BCUT2D eigenvalue weighted by Gasteiger charge is -2.12. The summed E-state index contributed by atoms with van der Waals surface area (Å²) in [5.74, 6) is -0.174. The molecule has 0 aliphatic rings. The van der Waals surface area contributed by atoms with E-state index >= 15 is 0 Å². The largest absolute Gasteiger partial charge is 0.465 e. The van der Waals surface area contributed by atoms with Crippen LogP contribution in [-0.2, 0) is 6.54 Å². The molecule has 0 radical (unpaired) electrons. The predicted molar refractivity (Wildman–Crippen MR) is 136 cm³/mol. The van der Waals surface area contributed by atoms with Crippen molar-refractivity contribution in [3.05, 3.63) is 62.4 Å². The highest BCUT2D eigenvalue weighted by atomic mass is 35.5. The zero-order valence-electron chi connectivity index (χ0n) is 19.2. The van der Waals surface area contributed by atoms with Gasteiger partial charge in [-0.2, -0.15) is 4.98 Å². The summed E-state index contributed by atoms with van der Waals surface area (Å²) in [6, 6.07) is 10.4. The summed E-state index contributed by atoms with van der Waals surface area (Å²) in [5, 5.41) is 4.32. The summed E-state index contributed by atoms with van der Waals surface area (Å²) >= 11 is 11.7. The van der Waals surface area contributed by atoms with Gasteiger partial charge in [0.05, 0.1) is 23.1 Å². The van der Waals surface area contributed by atoms with E-state index in [2.05, 4.69) is 10.3 Å². The molecular weight excluding hydrogens is 463 g/mol. The summed E-state index contributed by atoms with van der Waals surface area (Å²) in [7, 11) is 0. The van der Waals surface area contributed by atoms with E-state index in [1.165, 1.54) is 0 Å². The number of amides is 1. The van der Waals surface area contributed by atoms with Gasteiger partial charge in [0.25, 0.3) is 17.5 Å². The molecule has 9 heteroatoms. The molecule has 33 heavy (non-hydrogen) atoms. The summed E-state index contributed by atoms with van der Waals surface area (Å²) in [5.41, 5.74) is 7.05. The fourth-order valence-corrected chi connectivity index (χ4v) is 3.30. The van der Waals surface area contributed by atoms with Crippen LogP contribution in [0.15, 0.2) is 41.2 Å².